The highest BCUT2D eigenvalue weighted by atomic mass is 16.5. The van der Waals surface area contributed by atoms with Crippen LogP contribution >= 0.6 is 0 Å². The topological polar surface area (TPSA) is 63.2 Å². The highest BCUT2D eigenvalue weighted by molar-refractivity contribution is 5.93. The van der Waals surface area contributed by atoms with Crippen LogP contribution in [0.25, 0.3) is 0 Å². The van der Waals surface area contributed by atoms with Gasteiger partial charge in [-0.25, -0.2) is 0 Å². The van der Waals surface area contributed by atoms with Gasteiger partial charge in [0.1, 0.15) is 5.69 Å². The summed E-state index contributed by atoms with van der Waals surface area (Å²) in [7, 11) is 1.70. The molecule has 1 amide bonds. The lowest BCUT2D eigenvalue weighted by atomic mass is 10.2. The maximum absolute atomic E-state index is 12.2. The van der Waals surface area contributed by atoms with E-state index in [0.29, 0.717) is 5.69 Å². The predicted octanol–water partition coefficient (Wildman–Crippen LogP) is 2.20. The molecule has 1 aromatic rings. The fourth-order valence-corrected chi connectivity index (χ4v) is 2.55. The first kappa shape index (κ1) is 14.8. The Labute approximate surface area is 120 Å². The van der Waals surface area contributed by atoms with Gasteiger partial charge in [0.25, 0.3) is 5.91 Å². The van der Waals surface area contributed by atoms with Gasteiger partial charge in [0.2, 0.25) is 0 Å². The van der Waals surface area contributed by atoms with E-state index in [1.807, 2.05) is 6.07 Å². The number of carbonyl (C=O) groups excluding carboxylic acids is 1. The minimum Gasteiger partial charge on any atom is -0.385 e. The lowest BCUT2D eigenvalue weighted by molar-refractivity contribution is 0.0719. The number of hydrogen-bond donors (Lipinski definition) is 2. The molecule has 5 nitrogen and oxygen atoms in total. The van der Waals surface area contributed by atoms with Gasteiger partial charge in [0.05, 0.1) is 12.1 Å². The number of methoxy groups -OCH3 is 1. The van der Waals surface area contributed by atoms with E-state index < -0.39 is 0 Å². The van der Waals surface area contributed by atoms with E-state index in [1.54, 1.807) is 19.4 Å². The first-order chi connectivity index (χ1) is 9.74. The largest absolute Gasteiger partial charge is 0.385 e. The minimum atomic E-state index is -0.126. The number of pyridine rings is 1. The Bertz CT molecular complexity index is 450. The van der Waals surface area contributed by atoms with Crippen molar-refractivity contribution in [3.8, 4) is 0 Å². The molecule has 0 spiro atoms. The van der Waals surface area contributed by atoms with Crippen LogP contribution in [0.3, 0.4) is 0 Å². The zero-order valence-electron chi connectivity index (χ0n) is 12.2. The molecule has 1 aromatic heterocycles. The minimum absolute atomic E-state index is 0.0987. The summed E-state index contributed by atoms with van der Waals surface area (Å²) in [5.74, 6) is -0.126. The molecule has 0 aromatic carbocycles. The van der Waals surface area contributed by atoms with Crippen LogP contribution in [0.2, 0.25) is 0 Å². The number of hydrogen-bond acceptors (Lipinski definition) is 4. The van der Waals surface area contributed by atoms with E-state index in [0.717, 1.165) is 37.9 Å². The fourth-order valence-electron chi connectivity index (χ4n) is 2.55. The van der Waals surface area contributed by atoms with E-state index in [9.17, 15) is 4.79 Å². The number of aromatic nitrogens is 1. The molecular formula is C15H23N3O2. The SMILES string of the molecule is CCCNc1ccnc(C(=O)NC2CCCC2OC)c1. The summed E-state index contributed by atoms with van der Waals surface area (Å²) in [5.41, 5.74) is 1.38. The van der Waals surface area contributed by atoms with Crippen LogP contribution in [0.1, 0.15) is 43.1 Å². The van der Waals surface area contributed by atoms with Gasteiger partial charge in [-0.1, -0.05) is 6.92 Å². The van der Waals surface area contributed by atoms with Gasteiger partial charge in [-0.05, 0) is 37.8 Å². The normalized spacial score (nSPS) is 21.7. The van der Waals surface area contributed by atoms with Gasteiger partial charge in [-0.2, -0.15) is 0 Å². The van der Waals surface area contributed by atoms with Gasteiger partial charge in [0.15, 0.2) is 0 Å². The van der Waals surface area contributed by atoms with Crippen molar-refractivity contribution in [2.75, 3.05) is 19.0 Å². The van der Waals surface area contributed by atoms with E-state index in [-0.39, 0.29) is 18.1 Å². The summed E-state index contributed by atoms with van der Waals surface area (Å²) in [6, 6.07) is 3.77. The molecule has 5 heteroatoms. The molecule has 110 valence electrons. The summed E-state index contributed by atoms with van der Waals surface area (Å²) in [5, 5.41) is 6.28. The van der Waals surface area contributed by atoms with Gasteiger partial charge in [0, 0.05) is 25.5 Å². The number of amides is 1. The molecule has 2 unspecified atom stereocenters. The van der Waals surface area contributed by atoms with Gasteiger partial charge < -0.3 is 15.4 Å². The molecule has 1 heterocycles. The molecule has 1 saturated carbocycles. The second-order valence-electron chi connectivity index (χ2n) is 5.14. The number of ether oxygens (including phenoxy) is 1. The van der Waals surface area contributed by atoms with E-state index in [2.05, 4.69) is 22.5 Å². The fraction of sp³-hybridized carbons (Fsp3) is 0.600. The van der Waals surface area contributed by atoms with Gasteiger partial charge >= 0.3 is 0 Å². The summed E-state index contributed by atoms with van der Waals surface area (Å²) < 4.78 is 5.39. The lowest BCUT2D eigenvalue weighted by Crippen LogP contribution is -2.41. The molecule has 0 aliphatic heterocycles. The van der Waals surface area contributed by atoms with Crippen LogP contribution in [0.15, 0.2) is 18.3 Å². The maximum atomic E-state index is 12.2. The number of anilines is 1. The Hall–Kier alpha value is -1.62. The first-order valence-electron chi connectivity index (χ1n) is 7.28. The molecule has 20 heavy (non-hydrogen) atoms. The Kier molecular flexibility index (Phi) is 5.35. The molecular weight excluding hydrogens is 254 g/mol. The zero-order chi connectivity index (χ0) is 14.4. The lowest BCUT2D eigenvalue weighted by Gasteiger charge is -2.19. The summed E-state index contributed by atoms with van der Waals surface area (Å²) in [6.07, 6.45) is 5.90. The summed E-state index contributed by atoms with van der Waals surface area (Å²) >= 11 is 0. The summed E-state index contributed by atoms with van der Waals surface area (Å²) in [6.45, 7) is 2.99. The second-order valence-corrected chi connectivity index (χ2v) is 5.14. The molecule has 0 radical (unpaired) electrons. The quantitative estimate of drug-likeness (QED) is 0.836. The maximum Gasteiger partial charge on any atom is 0.270 e. The Morgan fingerprint density at radius 3 is 3.10 bits per heavy atom. The highest BCUT2D eigenvalue weighted by Gasteiger charge is 2.28. The molecule has 1 fully saturated rings. The highest BCUT2D eigenvalue weighted by Crippen LogP contribution is 2.21. The van der Waals surface area contributed by atoms with E-state index in [4.69, 9.17) is 4.74 Å². The molecule has 0 bridgehead atoms. The van der Waals surface area contributed by atoms with Crippen molar-refractivity contribution in [3.05, 3.63) is 24.0 Å². The van der Waals surface area contributed by atoms with Crippen LogP contribution < -0.4 is 10.6 Å². The third-order valence-corrected chi connectivity index (χ3v) is 3.64. The van der Waals surface area contributed by atoms with Crippen molar-refractivity contribution in [1.82, 2.24) is 10.3 Å². The molecule has 2 N–H and O–H groups in total. The van der Waals surface area contributed by atoms with Crippen LogP contribution in [-0.2, 0) is 4.74 Å². The van der Waals surface area contributed by atoms with Crippen molar-refractivity contribution < 1.29 is 9.53 Å². The molecule has 1 aliphatic rings. The molecule has 0 saturated heterocycles. The van der Waals surface area contributed by atoms with E-state index >= 15 is 0 Å². The van der Waals surface area contributed by atoms with Crippen LogP contribution in [0.5, 0.6) is 0 Å². The molecule has 1 aliphatic carbocycles. The number of carbonyl (C=O) groups is 1. The molecule has 2 atom stereocenters. The Morgan fingerprint density at radius 2 is 2.35 bits per heavy atom. The average Bonchev–Trinajstić information content (AvgIpc) is 2.92. The van der Waals surface area contributed by atoms with E-state index in [1.165, 1.54) is 0 Å². The van der Waals surface area contributed by atoms with Gasteiger partial charge in [-0.3, -0.25) is 9.78 Å². The number of nitrogens with zero attached hydrogens (tertiary/aromatic N) is 1. The number of nitrogens with one attached hydrogen (secondary N) is 2. The molecule has 2 rings (SSSR count). The van der Waals surface area contributed by atoms with Crippen LogP contribution in [-0.4, -0.2) is 36.7 Å². The Morgan fingerprint density at radius 1 is 1.50 bits per heavy atom. The monoisotopic (exact) mass is 277 g/mol. The van der Waals surface area contributed by atoms with Crippen molar-refractivity contribution in [2.45, 2.75) is 44.8 Å². The third kappa shape index (κ3) is 3.70. The van der Waals surface area contributed by atoms with Crippen molar-refractivity contribution >= 4 is 11.6 Å². The van der Waals surface area contributed by atoms with Crippen molar-refractivity contribution in [3.63, 3.8) is 0 Å². The third-order valence-electron chi connectivity index (χ3n) is 3.64. The summed E-state index contributed by atoms with van der Waals surface area (Å²) in [4.78, 5) is 16.4. The first-order valence-corrected chi connectivity index (χ1v) is 7.28. The van der Waals surface area contributed by atoms with Crippen molar-refractivity contribution in [2.24, 2.45) is 0 Å². The zero-order valence-corrected chi connectivity index (χ0v) is 12.2. The van der Waals surface area contributed by atoms with Crippen LogP contribution in [0.4, 0.5) is 5.69 Å². The standard InChI is InChI=1S/C15H23N3O2/c1-3-8-16-11-7-9-17-13(10-11)15(19)18-12-5-4-6-14(12)20-2/h7,9-10,12,14H,3-6,8H2,1-2H3,(H,16,17)(H,18,19). The number of rotatable bonds is 6. The average molecular weight is 277 g/mol. The Balaban J connectivity index is 1.98. The second kappa shape index (κ2) is 7.24. The van der Waals surface area contributed by atoms with Gasteiger partial charge in [-0.15, -0.1) is 0 Å². The predicted molar refractivity (Wildman–Crippen MR) is 78.9 cm³/mol. The van der Waals surface area contributed by atoms with Crippen LogP contribution in [0, 0.1) is 0 Å². The van der Waals surface area contributed by atoms with Crippen molar-refractivity contribution in [1.29, 1.82) is 0 Å². The smallest absolute Gasteiger partial charge is 0.270 e.